The lowest BCUT2D eigenvalue weighted by molar-refractivity contribution is 0.0951. The van der Waals surface area contributed by atoms with Crippen LogP contribution in [0.15, 0.2) is 71.5 Å². The molecular formula is C26H26N6O2. The number of nitrogens with one attached hydrogen (secondary N) is 2. The maximum Gasteiger partial charge on any atom is 0.256 e. The van der Waals surface area contributed by atoms with Gasteiger partial charge in [-0.25, -0.2) is 4.98 Å². The molecule has 0 saturated carbocycles. The largest absolute Gasteiger partial charge is 0.348 e. The minimum absolute atomic E-state index is 0.167. The van der Waals surface area contributed by atoms with E-state index in [1.54, 1.807) is 34.9 Å². The van der Waals surface area contributed by atoms with Crippen LogP contribution in [0, 0.1) is 6.92 Å². The molecule has 1 aliphatic rings. The van der Waals surface area contributed by atoms with Crippen LogP contribution in [-0.2, 0) is 6.54 Å². The van der Waals surface area contributed by atoms with Gasteiger partial charge in [0.05, 0.1) is 11.4 Å². The predicted molar refractivity (Wildman–Crippen MR) is 133 cm³/mol. The molecule has 0 unspecified atom stereocenters. The first-order valence-electron chi connectivity index (χ1n) is 11.4. The molecule has 2 aromatic carbocycles. The Morgan fingerprint density at radius 3 is 2.44 bits per heavy atom. The van der Waals surface area contributed by atoms with Gasteiger partial charge in [0.25, 0.3) is 11.5 Å². The number of piperazine rings is 1. The van der Waals surface area contributed by atoms with Crippen molar-refractivity contribution >= 4 is 22.9 Å². The number of anilines is 1. The van der Waals surface area contributed by atoms with Crippen LogP contribution in [0.25, 0.3) is 16.7 Å². The average Bonchev–Trinajstić information content (AvgIpc) is 2.88. The van der Waals surface area contributed by atoms with Crippen LogP contribution in [-0.4, -0.2) is 46.6 Å². The summed E-state index contributed by atoms with van der Waals surface area (Å²) in [5.41, 5.74) is 3.42. The van der Waals surface area contributed by atoms with Gasteiger partial charge in [-0.3, -0.25) is 14.2 Å². The van der Waals surface area contributed by atoms with Crippen molar-refractivity contribution in [3.05, 3.63) is 93.9 Å². The van der Waals surface area contributed by atoms with Crippen LogP contribution in [0.5, 0.6) is 0 Å². The molecule has 0 spiro atoms. The number of carbonyl (C=O) groups is 1. The summed E-state index contributed by atoms with van der Waals surface area (Å²) in [5.74, 6) is 0.461. The predicted octanol–water partition coefficient (Wildman–Crippen LogP) is 2.43. The highest BCUT2D eigenvalue weighted by atomic mass is 16.1. The van der Waals surface area contributed by atoms with Crippen molar-refractivity contribution < 1.29 is 4.79 Å². The number of aromatic nitrogens is 3. The van der Waals surface area contributed by atoms with Gasteiger partial charge >= 0.3 is 0 Å². The summed E-state index contributed by atoms with van der Waals surface area (Å²) in [5, 5.41) is 7.08. The van der Waals surface area contributed by atoms with Gasteiger partial charge in [0.1, 0.15) is 0 Å². The molecule has 1 fully saturated rings. The fourth-order valence-electron chi connectivity index (χ4n) is 4.15. The lowest BCUT2D eigenvalue weighted by atomic mass is 10.1. The summed E-state index contributed by atoms with van der Waals surface area (Å²) in [7, 11) is 0. The molecule has 0 aliphatic carbocycles. The van der Waals surface area contributed by atoms with E-state index in [1.807, 2.05) is 37.3 Å². The van der Waals surface area contributed by atoms with Crippen LogP contribution in [0.2, 0.25) is 0 Å². The Balaban J connectivity index is 1.46. The normalized spacial score (nSPS) is 13.7. The molecule has 2 aromatic heterocycles. The van der Waals surface area contributed by atoms with E-state index < -0.39 is 0 Å². The number of amides is 1. The number of carbonyl (C=O) groups excluding carboxylic acids is 1. The van der Waals surface area contributed by atoms with Crippen molar-refractivity contribution in [3.8, 4) is 5.69 Å². The second-order valence-corrected chi connectivity index (χ2v) is 8.31. The second-order valence-electron chi connectivity index (χ2n) is 8.31. The van der Waals surface area contributed by atoms with Crippen molar-refractivity contribution in [3.63, 3.8) is 0 Å². The molecule has 0 radical (unpaired) electrons. The number of benzene rings is 2. The number of fused-ring (bicyclic) bond motifs is 1. The van der Waals surface area contributed by atoms with Crippen LogP contribution < -0.4 is 21.1 Å². The summed E-state index contributed by atoms with van der Waals surface area (Å²) in [6, 6.07) is 20.1. The molecule has 3 heterocycles. The van der Waals surface area contributed by atoms with Gasteiger partial charge in [0.15, 0.2) is 5.65 Å². The van der Waals surface area contributed by atoms with Gasteiger partial charge in [0, 0.05) is 49.7 Å². The summed E-state index contributed by atoms with van der Waals surface area (Å²) in [4.78, 5) is 37.1. The summed E-state index contributed by atoms with van der Waals surface area (Å²) in [6.07, 6.45) is 0. The topological polar surface area (TPSA) is 92.2 Å². The lowest BCUT2D eigenvalue weighted by Crippen LogP contribution is -2.44. The molecule has 8 heteroatoms. The molecular weight excluding hydrogens is 428 g/mol. The zero-order valence-electron chi connectivity index (χ0n) is 19.0. The number of nitrogens with zero attached hydrogens (tertiary/aromatic N) is 4. The van der Waals surface area contributed by atoms with Crippen molar-refractivity contribution in [2.45, 2.75) is 13.5 Å². The first kappa shape index (κ1) is 21.8. The summed E-state index contributed by atoms with van der Waals surface area (Å²) in [6.45, 7) is 5.76. The Morgan fingerprint density at radius 2 is 1.71 bits per heavy atom. The van der Waals surface area contributed by atoms with Crippen LogP contribution in [0.4, 0.5) is 5.95 Å². The Hall–Kier alpha value is -4.04. The van der Waals surface area contributed by atoms with Crippen molar-refractivity contribution in [1.82, 2.24) is 25.2 Å². The number of hydrogen-bond acceptors (Lipinski definition) is 6. The highest BCUT2D eigenvalue weighted by molar-refractivity contribution is 5.94. The van der Waals surface area contributed by atoms with Crippen molar-refractivity contribution in [1.29, 1.82) is 0 Å². The molecule has 172 valence electrons. The maximum absolute atomic E-state index is 12.9. The molecule has 0 atom stereocenters. The summed E-state index contributed by atoms with van der Waals surface area (Å²) >= 11 is 0. The quantitative estimate of drug-likeness (QED) is 0.481. The molecule has 1 aliphatic heterocycles. The van der Waals surface area contributed by atoms with Gasteiger partial charge in [-0.1, -0.05) is 30.3 Å². The summed E-state index contributed by atoms with van der Waals surface area (Å²) < 4.78 is 1.58. The Kier molecular flexibility index (Phi) is 6.05. The maximum atomic E-state index is 12.9. The highest BCUT2D eigenvalue weighted by Gasteiger charge is 2.17. The zero-order chi connectivity index (χ0) is 23.5. The van der Waals surface area contributed by atoms with Gasteiger partial charge in [0.2, 0.25) is 5.95 Å². The first-order valence-corrected chi connectivity index (χ1v) is 11.4. The standard InChI is InChI=1S/C26H26N6O2/c1-18-22-11-12-23(33)32(24(22)30-26(29-18)31-15-13-27-14-16-31)21-9-7-20(8-10-21)25(34)28-17-19-5-3-2-4-6-19/h2-12,27H,13-17H2,1H3,(H,28,34). The Morgan fingerprint density at radius 1 is 0.971 bits per heavy atom. The fraction of sp³-hybridized carbons (Fsp3) is 0.231. The number of pyridine rings is 1. The monoisotopic (exact) mass is 454 g/mol. The second kappa shape index (κ2) is 9.44. The number of rotatable bonds is 5. The molecule has 5 rings (SSSR count). The van der Waals surface area contributed by atoms with Crippen LogP contribution in [0.1, 0.15) is 21.6 Å². The number of hydrogen-bond donors (Lipinski definition) is 2. The minimum Gasteiger partial charge on any atom is -0.348 e. The SMILES string of the molecule is Cc1nc(N2CCNCC2)nc2c1ccc(=O)n2-c1ccc(C(=O)NCc2ccccc2)cc1. The van der Waals surface area contributed by atoms with Crippen molar-refractivity contribution in [2.75, 3.05) is 31.1 Å². The highest BCUT2D eigenvalue weighted by Crippen LogP contribution is 2.21. The first-order chi connectivity index (χ1) is 16.6. The fourth-order valence-corrected chi connectivity index (χ4v) is 4.15. The van der Waals surface area contributed by atoms with E-state index in [1.165, 1.54) is 6.07 Å². The molecule has 0 bridgehead atoms. The zero-order valence-corrected chi connectivity index (χ0v) is 19.0. The third-order valence-electron chi connectivity index (χ3n) is 6.01. The number of aryl methyl sites for hydroxylation is 1. The molecule has 1 amide bonds. The van der Waals surface area contributed by atoms with Gasteiger partial charge in [-0.2, -0.15) is 4.98 Å². The minimum atomic E-state index is -0.182. The third kappa shape index (κ3) is 4.40. The molecule has 34 heavy (non-hydrogen) atoms. The van der Waals surface area contributed by atoms with Crippen molar-refractivity contribution in [2.24, 2.45) is 0 Å². The van der Waals surface area contributed by atoms with E-state index in [9.17, 15) is 9.59 Å². The van der Waals surface area contributed by atoms with Crippen LogP contribution >= 0.6 is 0 Å². The molecule has 4 aromatic rings. The van der Waals surface area contributed by atoms with E-state index in [0.717, 1.165) is 42.8 Å². The smallest absolute Gasteiger partial charge is 0.256 e. The van der Waals surface area contributed by atoms with Gasteiger partial charge in [-0.05, 0) is 42.8 Å². The average molecular weight is 455 g/mol. The van der Waals surface area contributed by atoms with E-state index in [-0.39, 0.29) is 11.5 Å². The van der Waals surface area contributed by atoms with Crippen LogP contribution in [0.3, 0.4) is 0 Å². The Labute approximate surface area is 197 Å². The van der Waals surface area contributed by atoms with E-state index in [0.29, 0.717) is 29.4 Å². The molecule has 8 nitrogen and oxygen atoms in total. The van der Waals surface area contributed by atoms with E-state index in [4.69, 9.17) is 9.97 Å². The lowest BCUT2D eigenvalue weighted by Gasteiger charge is -2.28. The van der Waals surface area contributed by atoms with Gasteiger partial charge < -0.3 is 15.5 Å². The third-order valence-corrected chi connectivity index (χ3v) is 6.01. The van der Waals surface area contributed by atoms with E-state index >= 15 is 0 Å². The molecule has 2 N–H and O–H groups in total. The molecule has 1 saturated heterocycles. The Bertz CT molecular complexity index is 1380. The van der Waals surface area contributed by atoms with E-state index in [2.05, 4.69) is 15.5 Å². The van der Waals surface area contributed by atoms with Gasteiger partial charge in [-0.15, -0.1) is 0 Å².